The lowest BCUT2D eigenvalue weighted by Crippen LogP contribution is -2.24. The molecular formula is C22H18ClNO5S. The van der Waals surface area contributed by atoms with Gasteiger partial charge in [0, 0.05) is 21.5 Å². The zero-order valence-electron chi connectivity index (χ0n) is 16.0. The van der Waals surface area contributed by atoms with Crippen molar-refractivity contribution in [3.63, 3.8) is 0 Å². The van der Waals surface area contributed by atoms with Crippen LogP contribution in [0.2, 0.25) is 5.02 Å². The number of anilines is 1. The van der Waals surface area contributed by atoms with E-state index >= 15 is 0 Å². The van der Waals surface area contributed by atoms with Crippen LogP contribution in [0.3, 0.4) is 0 Å². The standard InChI is InChI=1S/C22H18ClNO5S/c1-2-27-22(26)19-15(18-11-28-16-5-3-4-6-17(16)29-18)12-30-21(19)24-20(25)13-7-9-14(23)10-8-13/h3-10,12,18H,2,11H2,1H3,(H,24,25). The second kappa shape index (κ2) is 8.77. The summed E-state index contributed by atoms with van der Waals surface area (Å²) in [6, 6.07) is 13.8. The zero-order valence-corrected chi connectivity index (χ0v) is 17.6. The average Bonchev–Trinajstić information content (AvgIpc) is 3.17. The third-order valence-corrected chi connectivity index (χ3v) is 5.65. The largest absolute Gasteiger partial charge is 0.485 e. The predicted octanol–water partition coefficient (Wildman–Crippen LogP) is 5.34. The van der Waals surface area contributed by atoms with Crippen LogP contribution in [0.4, 0.5) is 5.00 Å². The molecule has 154 valence electrons. The van der Waals surface area contributed by atoms with Gasteiger partial charge < -0.3 is 19.5 Å². The molecule has 1 amide bonds. The number of esters is 1. The quantitative estimate of drug-likeness (QED) is 0.538. The molecule has 0 radical (unpaired) electrons. The molecule has 1 aromatic heterocycles. The van der Waals surface area contributed by atoms with E-state index in [9.17, 15) is 9.59 Å². The number of thiophene rings is 1. The lowest BCUT2D eigenvalue weighted by Gasteiger charge is -2.26. The molecule has 3 aromatic rings. The molecule has 6 nitrogen and oxygen atoms in total. The van der Waals surface area contributed by atoms with Gasteiger partial charge in [0.05, 0.1) is 6.61 Å². The number of nitrogens with one attached hydrogen (secondary N) is 1. The number of fused-ring (bicyclic) bond motifs is 1. The molecule has 8 heteroatoms. The number of amides is 1. The summed E-state index contributed by atoms with van der Waals surface area (Å²) in [5.41, 5.74) is 1.31. The van der Waals surface area contributed by atoms with Crippen molar-refractivity contribution in [3.8, 4) is 11.5 Å². The number of carbonyl (C=O) groups is 2. The Labute approximate surface area is 182 Å². The Morgan fingerprint density at radius 2 is 1.90 bits per heavy atom. The van der Waals surface area contributed by atoms with Gasteiger partial charge in [0.15, 0.2) is 17.6 Å². The molecule has 0 bridgehead atoms. The average molecular weight is 444 g/mol. The van der Waals surface area contributed by atoms with Crippen molar-refractivity contribution in [2.75, 3.05) is 18.5 Å². The maximum atomic E-state index is 12.7. The Balaban J connectivity index is 1.64. The molecule has 30 heavy (non-hydrogen) atoms. The topological polar surface area (TPSA) is 73.9 Å². The fourth-order valence-corrected chi connectivity index (χ4v) is 4.17. The van der Waals surface area contributed by atoms with Gasteiger partial charge in [0.1, 0.15) is 17.2 Å². The second-order valence-electron chi connectivity index (χ2n) is 6.44. The van der Waals surface area contributed by atoms with Gasteiger partial charge in [-0.15, -0.1) is 11.3 Å². The van der Waals surface area contributed by atoms with Gasteiger partial charge in [-0.3, -0.25) is 4.79 Å². The normalized spacial score (nSPS) is 14.8. The summed E-state index contributed by atoms with van der Waals surface area (Å²) in [5.74, 6) is 0.374. The molecule has 1 aliphatic rings. The number of ether oxygens (including phenoxy) is 3. The highest BCUT2D eigenvalue weighted by molar-refractivity contribution is 7.15. The summed E-state index contributed by atoms with van der Waals surface area (Å²) >= 11 is 7.12. The van der Waals surface area contributed by atoms with Crippen LogP contribution in [0.1, 0.15) is 39.3 Å². The van der Waals surface area contributed by atoms with Crippen LogP contribution in [-0.4, -0.2) is 25.1 Å². The lowest BCUT2D eigenvalue weighted by atomic mass is 10.1. The molecular weight excluding hydrogens is 426 g/mol. The monoisotopic (exact) mass is 443 g/mol. The van der Waals surface area contributed by atoms with Crippen molar-refractivity contribution in [3.05, 3.63) is 75.6 Å². The van der Waals surface area contributed by atoms with Gasteiger partial charge in [-0.1, -0.05) is 23.7 Å². The number of para-hydroxylation sites is 2. The van der Waals surface area contributed by atoms with E-state index in [4.69, 9.17) is 25.8 Å². The van der Waals surface area contributed by atoms with E-state index in [1.54, 1.807) is 42.6 Å². The molecule has 1 unspecified atom stereocenters. The molecule has 0 saturated carbocycles. The molecule has 0 spiro atoms. The van der Waals surface area contributed by atoms with Crippen LogP contribution >= 0.6 is 22.9 Å². The van der Waals surface area contributed by atoms with Gasteiger partial charge in [-0.25, -0.2) is 4.79 Å². The summed E-state index contributed by atoms with van der Waals surface area (Å²) in [5, 5.41) is 5.52. The first-order valence-electron chi connectivity index (χ1n) is 9.30. The van der Waals surface area contributed by atoms with Gasteiger partial charge in [0.25, 0.3) is 5.91 Å². The number of carbonyl (C=O) groups excluding carboxylic acids is 2. The van der Waals surface area contributed by atoms with E-state index < -0.39 is 12.1 Å². The van der Waals surface area contributed by atoms with Crippen LogP contribution in [0, 0.1) is 0 Å². The molecule has 1 atom stereocenters. The third-order valence-electron chi connectivity index (χ3n) is 4.49. The first kappa shape index (κ1) is 20.3. The highest BCUT2D eigenvalue weighted by Crippen LogP contribution is 2.40. The van der Waals surface area contributed by atoms with Crippen LogP contribution in [0.15, 0.2) is 53.9 Å². The lowest BCUT2D eigenvalue weighted by molar-refractivity contribution is 0.0513. The SMILES string of the molecule is CCOC(=O)c1c(C2COc3ccccc3O2)csc1NC(=O)c1ccc(Cl)cc1. The molecule has 0 saturated heterocycles. The Hall–Kier alpha value is -3.03. The fourth-order valence-electron chi connectivity index (χ4n) is 3.06. The first-order chi connectivity index (χ1) is 14.6. The Bertz CT molecular complexity index is 1080. The van der Waals surface area contributed by atoms with Crippen molar-refractivity contribution in [1.29, 1.82) is 0 Å². The number of benzene rings is 2. The number of halogens is 1. The summed E-state index contributed by atoms with van der Waals surface area (Å²) < 4.78 is 17.1. The maximum Gasteiger partial charge on any atom is 0.341 e. The molecule has 2 heterocycles. The summed E-state index contributed by atoms with van der Waals surface area (Å²) in [7, 11) is 0. The molecule has 0 fully saturated rings. The summed E-state index contributed by atoms with van der Waals surface area (Å²) in [6.45, 7) is 2.18. The number of rotatable bonds is 5. The number of hydrogen-bond donors (Lipinski definition) is 1. The smallest absolute Gasteiger partial charge is 0.341 e. The Morgan fingerprint density at radius 1 is 1.17 bits per heavy atom. The van der Waals surface area contributed by atoms with E-state index in [0.717, 1.165) is 0 Å². The van der Waals surface area contributed by atoms with Gasteiger partial charge >= 0.3 is 5.97 Å². The first-order valence-corrected chi connectivity index (χ1v) is 10.6. The van der Waals surface area contributed by atoms with E-state index in [1.165, 1.54) is 11.3 Å². The van der Waals surface area contributed by atoms with Crippen LogP contribution in [0.25, 0.3) is 0 Å². The van der Waals surface area contributed by atoms with Gasteiger partial charge in [-0.2, -0.15) is 0 Å². The molecule has 1 N–H and O–H groups in total. The molecule has 0 aliphatic carbocycles. The van der Waals surface area contributed by atoms with Gasteiger partial charge in [0.2, 0.25) is 0 Å². The van der Waals surface area contributed by atoms with Crippen LogP contribution in [0.5, 0.6) is 11.5 Å². The summed E-state index contributed by atoms with van der Waals surface area (Å²) in [4.78, 5) is 25.4. The molecule has 1 aliphatic heterocycles. The molecule has 4 rings (SSSR count). The second-order valence-corrected chi connectivity index (χ2v) is 7.76. The Kier molecular flexibility index (Phi) is 5.92. The van der Waals surface area contributed by atoms with Crippen molar-refractivity contribution in [2.45, 2.75) is 13.0 Å². The van der Waals surface area contributed by atoms with Crippen molar-refractivity contribution < 1.29 is 23.8 Å². The molecule has 2 aromatic carbocycles. The predicted molar refractivity (Wildman–Crippen MR) is 115 cm³/mol. The van der Waals surface area contributed by atoms with Gasteiger partial charge in [-0.05, 0) is 43.3 Å². The van der Waals surface area contributed by atoms with Crippen molar-refractivity contribution in [2.24, 2.45) is 0 Å². The third kappa shape index (κ3) is 4.13. The van der Waals surface area contributed by atoms with E-state index in [2.05, 4.69) is 5.32 Å². The van der Waals surface area contributed by atoms with Crippen LogP contribution in [-0.2, 0) is 4.74 Å². The highest BCUT2D eigenvalue weighted by Gasteiger charge is 2.31. The highest BCUT2D eigenvalue weighted by atomic mass is 35.5. The van der Waals surface area contributed by atoms with E-state index in [1.807, 2.05) is 18.2 Å². The maximum absolute atomic E-state index is 12.7. The van der Waals surface area contributed by atoms with Crippen molar-refractivity contribution >= 4 is 39.8 Å². The van der Waals surface area contributed by atoms with Crippen LogP contribution < -0.4 is 14.8 Å². The number of hydrogen-bond acceptors (Lipinski definition) is 6. The zero-order chi connectivity index (χ0) is 21.1. The van der Waals surface area contributed by atoms with Crippen molar-refractivity contribution in [1.82, 2.24) is 0 Å². The minimum atomic E-state index is -0.525. The minimum absolute atomic E-state index is 0.212. The summed E-state index contributed by atoms with van der Waals surface area (Å²) in [6.07, 6.45) is -0.503. The Morgan fingerprint density at radius 3 is 2.63 bits per heavy atom. The minimum Gasteiger partial charge on any atom is -0.485 e. The van der Waals surface area contributed by atoms with E-state index in [-0.39, 0.29) is 24.7 Å². The van der Waals surface area contributed by atoms with E-state index in [0.29, 0.717) is 32.6 Å². The fraction of sp³-hybridized carbons (Fsp3) is 0.182.